The summed E-state index contributed by atoms with van der Waals surface area (Å²) in [6.45, 7) is 4.14. The monoisotopic (exact) mass is 421 g/mol. The second-order valence-electron chi connectivity index (χ2n) is 8.03. The number of piperazine rings is 1. The fourth-order valence-corrected chi connectivity index (χ4v) is 4.17. The fraction of sp³-hybridized carbons (Fsp3) is 0.348. The van der Waals surface area contributed by atoms with Crippen molar-refractivity contribution in [1.82, 2.24) is 15.5 Å². The largest absolute Gasteiger partial charge is 0.368 e. The third-order valence-electron chi connectivity index (χ3n) is 5.88. The first kappa shape index (κ1) is 19.1. The second kappa shape index (κ2) is 8.11. The molecule has 1 saturated heterocycles. The molecule has 0 bridgehead atoms. The van der Waals surface area contributed by atoms with E-state index in [1.165, 1.54) is 12.8 Å². The predicted molar refractivity (Wildman–Crippen MR) is 120 cm³/mol. The van der Waals surface area contributed by atoms with Crippen molar-refractivity contribution >= 4 is 39.8 Å². The normalized spacial score (nSPS) is 16.7. The smallest absolute Gasteiger partial charge is 0.272 e. The average molecular weight is 422 g/mol. The van der Waals surface area contributed by atoms with Crippen LogP contribution >= 0.6 is 11.6 Å². The van der Waals surface area contributed by atoms with Crippen molar-refractivity contribution in [2.24, 2.45) is 5.92 Å². The topological polar surface area (TPSA) is 61.4 Å². The Morgan fingerprint density at radius 3 is 2.43 bits per heavy atom. The third-order valence-corrected chi connectivity index (χ3v) is 6.12. The molecular weight excluding hydrogens is 398 g/mol. The van der Waals surface area contributed by atoms with E-state index in [4.69, 9.17) is 11.6 Å². The van der Waals surface area contributed by atoms with Crippen LogP contribution in [0.3, 0.4) is 0 Å². The van der Waals surface area contributed by atoms with Gasteiger partial charge >= 0.3 is 0 Å². The number of anilines is 2. The summed E-state index contributed by atoms with van der Waals surface area (Å²) < 4.78 is 0. The number of nitrogens with one attached hydrogen (secondary N) is 1. The molecule has 2 aromatic carbocycles. The van der Waals surface area contributed by atoms with Gasteiger partial charge < -0.3 is 15.1 Å². The maximum absolute atomic E-state index is 12.7. The molecule has 1 N–H and O–H groups in total. The molecule has 7 heteroatoms. The van der Waals surface area contributed by atoms with Gasteiger partial charge in [0, 0.05) is 54.2 Å². The first-order valence-electron chi connectivity index (χ1n) is 10.5. The van der Waals surface area contributed by atoms with Crippen LogP contribution in [0, 0.1) is 5.92 Å². The van der Waals surface area contributed by atoms with Crippen molar-refractivity contribution in [3.63, 3.8) is 0 Å². The molecule has 1 amide bonds. The number of fused-ring (bicyclic) bond motifs is 1. The Balaban J connectivity index is 1.36. The lowest BCUT2D eigenvalue weighted by Crippen LogP contribution is -2.47. The molecule has 2 fully saturated rings. The van der Waals surface area contributed by atoms with Crippen LogP contribution in [0.1, 0.15) is 23.3 Å². The number of benzene rings is 2. The molecular formula is C23H24ClN5O. The number of carbonyl (C=O) groups excluding carboxylic acids is 1. The van der Waals surface area contributed by atoms with Crippen LogP contribution in [0.2, 0.25) is 5.02 Å². The number of nitrogens with zero attached hydrogens (tertiary/aromatic N) is 4. The highest BCUT2D eigenvalue weighted by Crippen LogP contribution is 2.29. The molecule has 3 aromatic rings. The quantitative estimate of drug-likeness (QED) is 0.679. The third kappa shape index (κ3) is 3.92. The van der Waals surface area contributed by atoms with Crippen LogP contribution in [0.15, 0.2) is 48.5 Å². The SMILES string of the molecule is O=C(NCC1CC1)c1nnc(N2CCN(c3cccc(Cl)c3)CC2)c2ccccc12. The van der Waals surface area contributed by atoms with E-state index in [-0.39, 0.29) is 5.91 Å². The van der Waals surface area contributed by atoms with Crippen molar-refractivity contribution in [3.05, 3.63) is 59.2 Å². The number of aromatic nitrogens is 2. The summed E-state index contributed by atoms with van der Waals surface area (Å²) in [6.07, 6.45) is 2.40. The Morgan fingerprint density at radius 2 is 1.70 bits per heavy atom. The standard InChI is InChI=1S/C23H24ClN5O/c24-17-4-3-5-18(14-17)28-10-12-29(13-11-28)22-20-7-2-1-6-19(20)21(26-27-22)23(30)25-15-16-8-9-16/h1-7,14,16H,8-13,15H2,(H,25,30). The number of halogens is 1. The second-order valence-corrected chi connectivity index (χ2v) is 8.46. The highest BCUT2D eigenvalue weighted by atomic mass is 35.5. The lowest BCUT2D eigenvalue weighted by molar-refractivity contribution is 0.0947. The molecule has 2 heterocycles. The summed E-state index contributed by atoms with van der Waals surface area (Å²) in [6, 6.07) is 15.9. The van der Waals surface area contributed by atoms with E-state index in [1.54, 1.807) is 0 Å². The van der Waals surface area contributed by atoms with E-state index in [0.29, 0.717) is 11.6 Å². The van der Waals surface area contributed by atoms with E-state index >= 15 is 0 Å². The summed E-state index contributed by atoms with van der Waals surface area (Å²) in [5, 5.41) is 14.4. The average Bonchev–Trinajstić information content (AvgIpc) is 3.61. The van der Waals surface area contributed by atoms with Crippen LogP contribution in [0.4, 0.5) is 11.5 Å². The summed E-state index contributed by atoms with van der Waals surface area (Å²) >= 11 is 6.15. The molecule has 1 aliphatic carbocycles. The van der Waals surface area contributed by atoms with Crippen molar-refractivity contribution in [3.8, 4) is 0 Å². The van der Waals surface area contributed by atoms with E-state index in [2.05, 4.69) is 31.4 Å². The first-order valence-corrected chi connectivity index (χ1v) is 10.9. The van der Waals surface area contributed by atoms with E-state index in [0.717, 1.165) is 60.0 Å². The highest BCUT2D eigenvalue weighted by molar-refractivity contribution is 6.30. The molecule has 0 unspecified atom stereocenters. The highest BCUT2D eigenvalue weighted by Gasteiger charge is 2.25. The van der Waals surface area contributed by atoms with Crippen molar-refractivity contribution in [2.75, 3.05) is 42.5 Å². The van der Waals surface area contributed by atoms with Gasteiger partial charge in [-0.05, 0) is 37.0 Å². The minimum Gasteiger partial charge on any atom is -0.368 e. The molecule has 154 valence electrons. The lowest BCUT2D eigenvalue weighted by atomic mass is 10.1. The van der Waals surface area contributed by atoms with Gasteiger partial charge in [0.15, 0.2) is 11.5 Å². The number of carbonyl (C=O) groups is 1. The number of rotatable bonds is 5. The molecule has 6 nitrogen and oxygen atoms in total. The molecule has 1 saturated carbocycles. The molecule has 5 rings (SSSR count). The van der Waals surface area contributed by atoms with Gasteiger partial charge in [-0.25, -0.2) is 0 Å². The van der Waals surface area contributed by atoms with E-state index in [1.807, 2.05) is 42.5 Å². The maximum atomic E-state index is 12.7. The molecule has 0 radical (unpaired) electrons. The van der Waals surface area contributed by atoms with Crippen LogP contribution in [-0.2, 0) is 0 Å². The van der Waals surface area contributed by atoms with Crippen molar-refractivity contribution < 1.29 is 4.79 Å². The van der Waals surface area contributed by atoms with Crippen LogP contribution in [0.5, 0.6) is 0 Å². The zero-order valence-corrected chi connectivity index (χ0v) is 17.5. The predicted octanol–water partition coefficient (Wildman–Crippen LogP) is 3.75. The molecule has 30 heavy (non-hydrogen) atoms. The summed E-state index contributed by atoms with van der Waals surface area (Å²) in [4.78, 5) is 17.2. The number of hydrogen-bond acceptors (Lipinski definition) is 5. The Labute approximate surface area is 180 Å². The Hall–Kier alpha value is -2.86. The molecule has 0 spiro atoms. The van der Waals surface area contributed by atoms with Gasteiger partial charge in [-0.1, -0.05) is 41.9 Å². The molecule has 2 aliphatic rings. The Bertz CT molecular complexity index is 1080. The fourth-order valence-electron chi connectivity index (χ4n) is 3.98. The van der Waals surface area contributed by atoms with Crippen molar-refractivity contribution in [1.29, 1.82) is 0 Å². The van der Waals surface area contributed by atoms with Crippen molar-refractivity contribution in [2.45, 2.75) is 12.8 Å². The van der Waals surface area contributed by atoms with Crippen LogP contribution in [-0.4, -0.2) is 48.8 Å². The van der Waals surface area contributed by atoms with Gasteiger partial charge in [0.2, 0.25) is 0 Å². The Morgan fingerprint density at radius 1 is 0.967 bits per heavy atom. The molecule has 1 aliphatic heterocycles. The van der Waals surface area contributed by atoms with Gasteiger partial charge in [-0.3, -0.25) is 4.79 Å². The zero-order chi connectivity index (χ0) is 20.5. The number of hydrogen-bond donors (Lipinski definition) is 1. The minimum atomic E-state index is -0.136. The summed E-state index contributed by atoms with van der Waals surface area (Å²) in [5.41, 5.74) is 1.55. The zero-order valence-electron chi connectivity index (χ0n) is 16.7. The summed E-state index contributed by atoms with van der Waals surface area (Å²) in [5.74, 6) is 1.33. The summed E-state index contributed by atoms with van der Waals surface area (Å²) in [7, 11) is 0. The lowest BCUT2D eigenvalue weighted by Gasteiger charge is -2.37. The van der Waals surface area contributed by atoms with Gasteiger partial charge in [-0.15, -0.1) is 10.2 Å². The molecule has 1 aromatic heterocycles. The molecule has 0 atom stereocenters. The van der Waals surface area contributed by atoms with E-state index in [9.17, 15) is 4.79 Å². The maximum Gasteiger partial charge on any atom is 0.272 e. The van der Waals surface area contributed by atoms with E-state index < -0.39 is 0 Å². The van der Waals surface area contributed by atoms with Gasteiger partial charge in [0.1, 0.15) is 0 Å². The van der Waals surface area contributed by atoms with Gasteiger partial charge in [-0.2, -0.15) is 0 Å². The van der Waals surface area contributed by atoms with Crippen LogP contribution in [0.25, 0.3) is 10.8 Å². The Kier molecular flexibility index (Phi) is 5.17. The first-order chi connectivity index (χ1) is 14.7. The minimum absolute atomic E-state index is 0.136. The number of amides is 1. The van der Waals surface area contributed by atoms with Gasteiger partial charge in [0.05, 0.1) is 0 Å². The van der Waals surface area contributed by atoms with Crippen LogP contribution < -0.4 is 15.1 Å². The van der Waals surface area contributed by atoms with Gasteiger partial charge in [0.25, 0.3) is 5.91 Å².